The second kappa shape index (κ2) is 3.04. The van der Waals surface area contributed by atoms with Gasteiger partial charge in [-0.25, -0.2) is 0 Å². The second-order valence-corrected chi connectivity index (χ2v) is 3.72. The van der Waals surface area contributed by atoms with Crippen LogP contribution in [0.25, 0.3) is 0 Å². The molecule has 2 nitrogen and oxygen atoms in total. The van der Waals surface area contributed by atoms with Crippen LogP contribution in [0.1, 0.15) is 25.0 Å². The van der Waals surface area contributed by atoms with Gasteiger partial charge in [-0.05, 0) is 12.1 Å². The Balaban J connectivity index is 2.47. The lowest BCUT2D eigenvalue weighted by Gasteiger charge is -2.32. The fourth-order valence-electron chi connectivity index (χ4n) is 1.49. The van der Waals surface area contributed by atoms with Crippen LogP contribution in [-0.2, 0) is 11.3 Å². The molecule has 0 spiro atoms. The predicted molar refractivity (Wildman–Crippen MR) is 53.9 cm³/mol. The molecule has 0 radical (unpaired) electrons. The summed E-state index contributed by atoms with van der Waals surface area (Å²) in [5.41, 5.74) is 1.81. The van der Waals surface area contributed by atoms with E-state index in [0.717, 1.165) is 16.9 Å². The molecule has 72 valence electrons. The van der Waals surface area contributed by atoms with Gasteiger partial charge in [0.2, 0.25) is 5.79 Å². The van der Waals surface area contributed by atoms with Crippen molar-refractivity contribution in [1.82, 2.24) is 0 Å². The lowest BCUT2D eigenvalue weighted by molar-refractivity contribution is -0.180. The van der Waals surface area contributed by atoms with Crippen LogP contribution in [0.15, 0.2) is 18.2 Å². The second-order valence-electron chi connectivity index (χ2n) is 3.72. The van der Waals surface area contributed by atoms with Gasteiger partial charge < -0.3 is 9.47 Å². The first kappa shape index (κ1) is 9.11. The molecular formula is C12H12O2. The van der Waals surface area contributed by atoms with E-state index >= 15 is 0 Å². The smallest absolute Gasteiger partial charge is 0.205 e. The van der Waals surface area contributed by atoms with Crippen LogP contribution in [0.4, 0.5) is 0 Å². The number of ether oxygens (including phenoxy) is 2. The van der Waals surface area contributed by atoms with Crippen molar-refractivity contribution in [2.45, 2.75) is 26.2 Å². The first-order valence-electron chi connectivity index (χ1n) is 4.54. The van der Waals surface area contributed by atoms with Crippen LogP contribution in [0, 0.1) is 12.3 Å². The van der Waals surface area contributed by atoms with Gasteiger partial charge in [0, 0.05) is 25.0 Å². The molecule has 1 aliphatic heterocycles. The highest BCUT2D eigenvalue weighted by molar-refractivity contribution is 5.48. The van der Waals surface area contributed by atoms with Gasteiger partial charge in [-0.2, -0.15) is 0 Å². The maximum atomic E-state index is 5.64. The molecule has 1 aliphatic rings. The van der Waals surface area contributed by atoms with Gasteiger partial charge in [0.1, 0.15) is 5.75 Å². The zero-order valence-electron chi connectivity index (χ0n) is 8.33. The van der Waals surface area contributed by atoms with Gasteiger partial charge in [-0.15, -0.1) is 6.42 Å². The van der Waals surface area contributed by atoms with E-state index in [1.165, 1.54) is 0 Å². The standard InChI is InChI=1S/C12H12O2/c1-4-9-6-5-7-11-10(9)8-13-12(2,3)14-11/h1,5-7H,8H2,2-3H3. The van der Waals surface area contributed by atoms with Gasteiger partial charge in [0.15, 0.2) is 0 Å². The van der Waals surface area contributed by atoms with Crippen LogP contribution < -0.4 is 4.74 Å². The summed E-state index contributed by atoms with van der Waals surface area (Å²) < 4.78 is 11.2. The van der Waals surface area contributed by atoms with Gasteiger partial charge in [0.05, 0.1) is 6.61 Å². The molecule has 2 rings (SSSR count). The van der Waals surface area contributed by atoms with Crippen molar-refractivity contribution in [3.8, 4) is 18.1 Å². The van der Waals surface area contributed by atoms with E-state index < -0.39 is 5.79 Å². The number of fused-ring (bicyclic) bond motifs is 1. The Hall–Kier alpha value is -1.46. The Morgan fingerprint density at radius 1 is 1.43 bits per heavy atom. The third-order valence-corrected chi connectivity index (χ3v) is 2.21. The van der Waals surface area contributed by atoms with Crippen molar-refractivity contribution in [3.63, 3.8) is 0 Å². The van der Waals surface area contributed by atoms with Crippen LogP contribution in [0.2, 0.25) is 0 Å². The molecule has 1 aromatic rings. The summed E-state index contributed by atoms with van der Waals surface area (Å²) in [5.74, 6) is 2.90. The van der Waals surface area contributed by atoms with Crippen LogP contribution in [0.3, 0.4) is 0 Å². The van der Waals surface area contributed by atoms with E-state index in [-0.39, 0.29) is 0 Å². The summed E-state index contributed by atoms with van der Waals surface area (Å²) in [6.07, 6.45) is 5.38. The third-order valence-electron chi connectivity index (χ3n) is 2.21. The Labute approximate surface area is 83.8 Å². The molecule has 1 heterocycles. The fourth-order valence-corrected chi connectivity index (χ4v) is 1.49. The van der Waals surface area contributed by atoms with Crippen molar-refractivity contribution in [2.75, 3.05) is 0 Å². The highest BCUT2D eigenvalue weighted by Gasteiger charge is 2.28. The molecule has 0 aromatic heterocycles. The number of terminal acetylenes is 1. The van der Waals surface area contributed by atoms with Crippen LogP contribution >= 0.6 is 0 Å². The average molecular weight is 188 g/mol. The highest BCUT2D eigenvalue weighted by atomic mass is 16.7. The van der Waals surface area contributed by atoms with E-state index in [1.54, 1.807) is 0 Å². The quantitative estimate of drug-likeness (QED) is 0.582. The Morgan fingerprint density at radius 3 is 2.93 bits per heavy atom. The molecular weight excluding hydrogens is 176 g/mol. The Morgan fingerprint density at radius 2 is 2.21 bits per heavy atom. The largest absolute Gasteiger partial charge is 0.463 e. The zero-order valence-corrected chi connectivity index (χ0v) is 8.33. The molecule has 0 bridgehead atoms. The fraction of sp³-hybridized carbons (Fsp3) is 0.333. The van der Waals surface area contributed by atoms with Gasteiger partial charge in [-0.3, -0.25) is 0 Å². The molecule has 0 N–H and O–H groups in total. The molecule has 14 heavy (non-hydrogen) atoms. The normalized spacial score (nSPS) is 17.8. The molecule has 0 saturated heterocycles. The SMILES string of the molecule is C#Cc1cccc2c1COC(C)(C)O2. The molecule has 1 aromatic carbocycles. The minimum absolute atomic E-state index is 0.517. The molecule has 0 amide bonds. The molecule has 0 atom stereocenters. The van der Waals surface area contributed by atoms with Crippen molar-refractivity contribution in [1.29, 1.82) is 0 Å². The monoisotopic (exact) mass is 188 g/mol. The minimum atomic E-state index is -0.555. The summed E-state index contributed by atoms with van der Waals surface area (Å²) in [5, 5.41) is 0. The minimum Gasteiger partial charge on any atom is -0.463 e. The first-order valence-corrected chi connectivity index (χ1v) is 4.54. The van der Waals surface area contributed by atoms with E-state index in [1.807, 2.05) is 32.0 Å². The Bertz CT molecular complexity index is 399. The van der Waals surface area contributed by atoms with E-state index in [2.05, 4.69) is 5.92 Å². The van der Waals surface area contributed by atoms with Gasteiger partial charge in [-0.1, -0.05) is 12.0 Å². The highest BCUT2D eigenvalue weighted by Crippen LogP contribution is 2.32. The summed E-state index contributed by atoms with van der Waals surface area (Å²) in [6, 6.07) is 5.71. The van der Waals surface area contributed by atoms with Crippen molar-refractivity contribution in [2.24, 2.45) is 0 Å². The summed E-state index contributed by atoms with van der Waals surface area (Å²) >= 11 is 0. The van der Waals surface area contributed by atoms with Crippen molar-refractivity contribution >= 4 is 0 Å². The van der Waals surface area contributed by atoms with Crippen LogP contribution in [-0.4, -0.2) is 5.79 Å². The van der Waals surface area contributed by atoms with Gasteiger partial charge >= 0.3 is 0 Å². The third kappa shape index (κ3) is 1.47. The lowest BCUT2D eigenvalue weighted by atomic mass is 10.1. The maximum absolute atomic E-state index is 5.64. The molecule has 0 fully saturated rings. The van der Waals surface area contributed by atoms with E-state index in [4.69, 9.17) is 15.9 Å². The van der Waals surface area contributed by atoms with E-state index in [9.17, 15) is 0 Å². The maximum Gasteiger partial charge on any atom is 0.205 e. The zero-order chi connectivity index (χ0) is 10.2. The number of hydrogen-bond donors (Lipinski definition) is 0. The number of hydrogen-bond acceptors (Lipinski definition) is 2. The number of benzene rings is 1. The summed E-state index contributed by atoms with van der Waals surface area (Å²) in [7, 11) is 0. The molecule has 0 unspecified atom stereocenters. The number of rotatable bonds is 0. The van der Waals surface area contributed by atoms with Crippen molar-refractivity contribution < 1.29 is 9.47 Å². The summed E-state index contributed by atoms with van der Waals surface area (Å²) in [4.78, 5) is 0. The van der Waals surface area contributed by atoms with E-state index in [0.29, 0.717) is 6.61 Å². The molecule has 0 saturated carbocycles. The average Bonchev–Trinajstić information content (AvgIpc) is 2.15. The van der Waals surface area contributed by atoms with Crippen molar-refractivity contribution in [3.05, 3.63) is 29.3 Å². The molecule has 0 aliphatic carbocycles. The van der Waals surface area contributed by atoms with Gasteiger partial charge in [0.25, 0.3) is 0 Å². The van der Waals surface area contributed by atoms with Crippen LogP contribution in [0.5, 0.6) is 5.75 Å². The topological polar surface area (TPSA) is 18.5 Å². The predicted octanol–water partition coefficient (Wildman–Crippen LogP) is 2.31. The first-order chi connectivity index (χ1) is 6.62. The summed E-state index contributed by atoms with van der Waals surface area (Å²) in [6.45, 7) is 4.29. The Kier molecular flexibility index (Phi) is 1.98. The molecule has 2 heteroatoms. The lowest BCUT2D eigenvalue weighted by Crippen LogP contribution is -2.35.